The molecule has 0 heterocycles. The van der Waals surface area contributed by atoms with Crippen LogP contribution in [0, 0.1) is 0 Å². The van der Waals surface area contributed by atoms with Crippen molar-refractivity contribution in [1.29, 1.82) is 0 Å². The number of hydrogen-bond acceptors (Lipinski definition) is 2. The molecule has 0 aliphatic heterocycles. The molecule has 0 aromatic heterocycles. The molecule has 20 heavy (non-hydrogen) atoms. The van der Waals surface area contributed by atoms with E-state index in [4.69, 9.17) is 4.74 Å². The van der Waals surface area contributed by atoms with Gasteiger partial charge in [0.05, 0.1) is 17.1 Å². The first-order valence-electron chi connectivity index (χ1n) is 5.61. The Hall–Kier alpha value is -0.850. The third-order valence-electron chi connectivity index (χ3n) is 2.58. The van der Waals surface area contributed by atoms with Gasteiger partial charge in [0.2, 0.25) is 0 Å². The van der Waals surface area contributed by atoms with Crippen LogP contribution >= 0.6 is 47.8 Å². The van der Waals surface area contributed by atoms with E-state index in [0.717, 1.165) is 13.4 Å². The third kappa shape index (κ3) is 3.62. The van der Waals surface area contributed by atoms with E-state index >= 15 is 0 Å². The van der Waals surface area contributed by atoms with Gasteiger partial charge in [-0.2, -0.15) is 0 Å². The second-order valence-electron chi connectivity index (χ2n) is 3.93. The number of methoxy groups -OCH3 is 1. The van der Waals surface area contributed by atoms with E-state index in [1.165, 1.54) is 0 Å². The highest BCUT2D eigenvalue weighted by Gasteiger charge is 2.11. The van der Waals surface area contributed by atoms with E-state index in [9.17, 15) is 4.79 Å². The molecule has 0 fully saturated rings. The molecule has 2 rings (SSSR count). The van der Waals surface area contributed by atoms with Gasteiger partial charge in [-0.25, -0.2) is 0 Å². The number of nitrogens with one attached hydrogen (secondary N) is 1. The Morgan fingerprint density at radius 1 is 1.05 bits per heavy atom. The van der Waals surface area contributed by atoms with Crippen LogP contribution in [-0.2, 0) is 0 Å². The molecule has 0 saturated carbocycles. The Morgan fingerprint density at radius 2 is 1.80 bits per heavy atom. The van der Waals surface area contributed by atoms with Gasteiger partial charge in [0.1, 0.15) is 5.75 Å². The first-order valence-corrected chi connectivity index (χ1v) is 7.99. The summed E-state index contributed by atoms with van der Waals surface area (Å²) in [6.45, 7) is 0. The minimum atomic E-state index is -0.185. The normalized spacial score (nSPS) is 10.2. The lowest BCUT2D eigenvalue weighted by Crippen LogP contribution is -2.12. The van der Waals surface area contributed by atoms with Crippen molar-refractivity contribution in [2.75, 3.05) is 12.4 Å². The predicted octanol–water partition coefficient (Wildman–Crippen LogP) is 5.24. The standard InChI is InChI=1S/C14H10Br3NO2/c1-20-13-5-3-9(7-12(13)17)18-14(19)10-6-8(15)2-4-11(10)16/h2-7H,1H3,(H,18,19). The number of halogens is 3. The number of carbonyl (C=O) groups excluding carboxylic acids is 1. The van der Waals surface area contributed by atoms with Gasteiger partial charge in [-0.15, -0.1) is 0 Å². The topological polar surface area (TPSA) is 38.3 Å². The molecule has 6 heteroatoms. The van der Waals surface area contributed by atoms with Crippen molar-refractivity contribution >= 4 is 59.4 Å². The Labute approximate surface area is 142 Å². The van der Waals surface area contributed by atoms with Crippen LogP contribution in [-0.4, -0.2) is 13.0 Å². The van der Waals surface area contributed by atoms with Crippen molar-refractivity contribution in [1.82, 2.24) is 0 Å². The first kappa shape index (κ1) is 15.5. The van der Waals surface area contributed by atoms with E-state index in [1.54, 1.807) is 31.4 Å². The highest BCUT2D eigenvalue weighted by molar-refractivity contribution is 9.11. The van der Waals surface area contributed by atoms with Crippen molar-refractivity contribution in [2.45, 2.75) is 0 Å². The second kappa shape index (κ2) is 6.74. The van der Waals surface area contributed by atoms with E-state index in [0.29, 0.717) is 17.0 Å². The lowest BCUT2D eigenvalue weighted by atomic mass is 10.2. The molecule has 0 unspecified atom stereocenters. The van der Waals surface area contributed by atoms with Crippen LogP contribution in [0.4, 0.5) is 5.69 Å². The number of carbonyl (C=O) groups is 1. The van der Waals surface area contributed by atoms with Crippen molar-refractivity contribution in [3.8, 4) is 5.75 Å². The van der Waals surface area contributed by atoms with Crippen LogP contribution in [0.25, 0.3) is 0 Å². The molecule has 0 aliphatic carbocycles. The molecule has 1 amide bonds. The lowest BCUT2D eigenvalue weighted by Gasteiger charge is -2.09. The molecular weight excluding hydrogens is 454 g/mol. The third-order valence-corrected chi connectivity index (χ3v) is 4.39. The van der Waals surface area contributed by atoms with Gasteiger partial charge < -0.3 is 10.1 Å². The molecule has 0 atom stereocenters. The zero-order valence-corrected chi connectivity index (χ0v) is 15.2. The van der Waals surface area contributed by atoms with Crippen LogP contribution in [0.15, 0.2) is 49.8 Å². The van der Waals surface area contributed by atoms with Gasteiger partial charge in [-0.1, -0.05) is 15.9 Å². The molecular formula is C14H10Br3NO2. The SMILES string of the molecule is COc1ccc(NC(=O)c2cc(Br)ccc2Br)cc1Br. The Bertz CT molecular complexity index is 659. The van der Waals surface area contributed by atoms with Gasteiger partial charge in [0.25, 0.3) is 5.91 Å². The second-order valence-corrected chi connectivity index (χ2v) is 6.55. The van der Waals surface area contributed by atoms with Crippen LogP contribution < -0.4 is 10.1 Å². The molecule has 2 aromatic carbocycles. The monoisotopic (exact) mass is 461 g/mol. The zero-order chi connectivity index (χ0) is 14.7. The molecule has 104 valence electrons. The van der Waals surface area contributed by atoms with Gasteiger partial charge in [-0.3, -0.25) is 4.79 Å². The molecule has 0 saturated heterocycles. The maximum absolute atomic E-state index is 12.2. The minimum Gasteiger partial charge on any atom is -0.496 e. The Kier molecular flexibility index (Phi) is 5.23. The van der Waals surface area contributed by atoms with Crippen molar-refractivity contribution < 1.29 is 9.53 Å². The number of rotatable bonds is 3. The summed E-state index contributed by atoms with van der Waals surface area (Å²) < 4.78 is 7.52. The van der Waals surface area contributed by atoms with E-state index in [1.807, 2.05) is 12.1 Å². The summed E-state index contributed by atoms with van der Waals surface area (Å²) >= 11 is 10.1. The highest BCUT2D eigenvalue weighted by atomic mass is 79.9. The molecule has 3 nitrogen and oxygen atoms in total. The summed E-state index contributed by atoms with van der Waals surface area (Å²) in [6.07, 6.45) is 0. The van der Waals surface area contributed by atoms with E-state index < -0.39 is 0 Å². The number of anilines is 1. The van der Waals surface area contributed by atoms with Crippen molar-refractivity contribution in [3.05, 3.63) is 55.4 Å². The fourth-order valence-electron chi connectivity index (χ4n) is 1.61. The highest BCUT2D eigenvalue weighted by Crippen LogP contribution is 2.28. The Morgan fingerprint density at radius 3 is 2.45 bits per heavy atom. The average Bonchev–Trinajstić information content (AvgIpc) is 2.41. The fraction of sp³-hybridized carbons (Fsp3) is 0.0714. The van der Waals surface area contributed by atoms with Crippen LogP contribution in [0.2, 0.25) is 0 Å². The number of hydrogen-bond donors (Lipinski definition) is 1. The van der Waals surface area contributed by atoms with Crippen LogP contribution in [0.5, 0.6) is 5.75 Å². The lowest BCUT2D eigenvalue weighted by molar-refractivity contribution is 0.102. The summed E-state index contributed by atoms with van der Waals surface area (Å²) in [4.78, 5) is 12.2. The molecule has 0 bridgehead atoms. The Balaban J connectivity index is 2.23. The van der Waals surface area contributed by atoms with Gasteiger partial charge >= 0.3 is 0 Å². The van der Waals surface area contributed by atoms with E-state index in [2.05, 4.69) is 53.1 Å². The van der Waals surface area contributed by atoms with Gasteiger partial charge in [0.15, 0.2) is 0 Å². The minimum absolute atomic E-state index is 0.185. The number of benzene rings is 2. The van der Waals surface area contributed by atoms with Crippen LogP contribution in [0.3, 0.4) is 0 Å². The summed E-state index contributed by atoms with van der Waals surface area (Å²) in [5.74, 6) is 0.530. The maximum atomic E-state index is 12.2. The fourth-order valence-corrected chi connectivity index (χ4v) is 2.94. The maximum Gasteiger partial charge on any atom is 0.256 e. The summed E-state index contributed by atoms with van der Waals surface area (Å²) in [5.41, 5.74) is 1.25. The van der Waals surface area contributed by atoms with E-state index in [-0.39, 0.29) is 5.91 Å². The van der Waals surface area contributed by atoms with Crippen LogP contribution in [0.1, 0.15) is 10.4 Å². The van der Waals surface area contributed by atoms with Crippen molar-refractivity contribution in [3.63, 3.8) is 0 Å². The largest absolute Gasteiger partial charge is 0.496 e. The summed E-state index contributed by atoms with van der Waals surface area (Å²) in [7, 11) is 1.59. The smallest absolute Gasteiger partial charge is 0.256 e. The molecule has 2 aromatic rings. The molecule has 0 spiro atoms. The zero-order valence-electron chi connectivity index (χ0n) is 10.4. The first-order chi connectivity index (χ1) is 9.51. The molecule has 0 radical (unpaired) electrons. The van der Waals surface area contributed by atoms with Gasteiger partial charge in [0, 0.05) is 14.6 Å². The number of amides is 1. The molecule has 1 N–H and O–H groups in total. The number of ether oxygens (including phenoxy) is 1. The summed E-state index contributed by atoms with van der Waals surface area (Å²) in [6, 6.07) is 10.8. The van der Waals surface area contributed by atoms with Crippen molar-refractivity contribution in [2.24, 2.45) is 0 Å². The quantitative estimate of drug-likeness (QED) is 0.676. The summed E-state index contributed by atoms with van der Waals surface area (Å²) in [5, 5.41) is 2.84. The molecule has 0 aliphatic rings. The average molecular weight is 464 g/mol. The van der Waals surface area contributed by atoms with Gasteiger partial charge in [-0.05, 0) is 68.3 Å². The predicted molar refractivity (Wildman–Crippen MR) is 90.5 cm³/mol.